The number of nitrogens with one attached hydrogen (secondary N) is 3. The number of nitrogens with two attached hydrogens (primary N) is 5. The van der Waals surface area contributed by atoms with Crippen LogP contribution in [0, 0.1) is 0 Å². The fourth-order valence-electron chi connectivity index (χ4n) is 3.12. The highest BCUT2D eigenvalue weighted by Gasteiger charge is 2.31. The second-order valence-electron chi connectivity index (χ2n) is 8.41. The summed E-state index contributed by atoms with van der Waals surface area (Å²) in [5.74, 6) is -5.05. The number of carboxylic acids is 2. The first-order chi connectivity index (χ1) is 18.3. The van der Waals surface area contributed by atoms with Gasteiger partial charge in [0.05, 0.1) is 12.5 Å². The van der Waals surface area contributed by atoms with E-state index in [0.29, 0.717) is 12.2 Å². The van der Waals surface area contributed by atoms with Crippen LogP contribution in [0.15, 0.2) is 9.98 Å². The van der Waals surface area contributed by atoms with E-state index < -0.39 is 60.2 Å². The molecule has 0 saturated heterocycles. The molecule has 3 amide bonds. The molecule has 0 fully saturated rings. The average Bonchev–Trinajstić information content (AvgIpc) is 2.84. The predicted molar refractivity (Wildman–Crippen MR) is 146 cm³/mol. The number of aliphatic carboxylic acids is 2. The highest BCUT2D eigenvalue weighted by atomic mass is 32.2. The highest BCUT2D eigenvalue weighted by Crippen LogP contribution is 2.06. The minimum absolute atomic E-state index is 0.0137. The third-order valence-corrected chi connectivity index (χ3v) is 5.76. The molecule has 0 rings (SSSR count). The van der Waals surface area contributed by atoms with Gasteiger partial charge in [-0.05, 0) is 44.1 Å². The molecule has 0 aliphatic carbocycles. The molecule has 4 atom stereocenters. The third kappa shape index (κ3) is 16.6. The number of nitrogens with zero attached hydrogens (tertiary/aromatic N) is 2. The molecule has 222 valence electrons. The van der Waals surface area contributed by atoms with Crippen LogP contribution in [-0.4, -0.2) is 101 Å². The molecule has 0 bridgehead atoms. The van der Waals surface area contributed by atoms with E-state index in [9.17, 15) is 34.2 Å². The SMILES string of the molecule is CSCCC(NC(=O)C(CC(=O)O)NC(=O)C(N)CCCN=C(N)N)C(=O)NC(CCCN=C(N)N)C(=O)O. The molecule has 0 aromatic carbocycles. The van der Waals surface area contributed by atoms with Gasteiger partial charge >= 0.3 is 11.9 Å². The molecule has 0 aliphatic heterocycles. The molecule has 0 spiro atoms. The van der Waals surface area contributed by atoms with Gasteiger partial charge in [0.25, 0.3) is 0 Å². The summed E-state index contributed by atoms with van der Waals surface area (Å²) < 4.78 is 0. The number of amides is 3. The summed E-state index contributed by atoms with van der Waals surface area (Å²) in [5, 5.41) is 25.8. The summed E-state index contributed by atoms with van der Waals surface area (Å²) >= 11 is 1.37. The number of hydrogen-bond donors (Lipinski definition) is 10. The van der Waals surface area contributed by atoms with Crippen molar-refractivity contribution in [1.82, 2.24) is 16.0 Å². The van der Waals surface area contributed by atoms with Gasteiger partial charge in [0.2, 0.25) is 17.7 Å². The van der Waals surface area contributed by atoms with Gasteiger partial charge in [-0.1, -0.05) is 0 Å². The number of carboxylic acid groups (broad SMARTS) is 2. The van der Waals surface area contributed by atoms with Crippen LogP contribution in [0.2, 0.25) is 0 Å². The van der Waals surface area contributed by atoms with E-state index in [1.54, 1.807) is 6.26 Å². The third-order valence-electron chi connectivity index (χ3n) is 5.12. The summed E-state index contributed by atoms with van der Waals surface area (Å²) in [6, 6.07) is -5.11. The Morgan fingerprint density at radius 2 is 1.23 bits per heavy atom. The summed E-state index contributed by atoms with van der Waals surface area (Å²) in [5.41, 5.74) is 26.8. The minimum Gasteiger partial charge on any atom is -0.481 e. The van der Waals surface area contributed by atoms with E-state index >= 15 is 0 Å². The van der Waals surface area contributed by atoms with Crippen LogP contribution in [0.1, 0.15) is 38.5 Å². The van der Waals surface area contributed by atoms with E-state index in [-0.39, 0.29) is 50.7 Å². The molecule has 0 saturated carbocycles. The van der Waals surface area contributed by atoms with Crippen molar-refractivity contribution in [3.8, 4) is 0 Å². The molecule has 0 radical (unpaired) electrons. The second-order valence-corrected chi connectivity index (χ2v) is 9.39. The van der Waals surface area contributed by atoms with Crippen LogP contribution >= 0.6 is 11.8 Å². The fourth-order valence-corrected chi connectivity index (χ4v) is 3.59. The highest BCUT2D eigenvalue weighted by molar-refractivity contribution is 7.98. The minimum atomic E-state index is -1.54. The van der Waals surface area contributed by atoms with Crippen molar-refractivity contribution in [3.05, 3.63) is 0 Å². The van der Waals surface area contributed by atoms with Gasteiger partial charge in [0, 0.05) is 13.1 Å². The van der Waals surface area contributed by atoms with E-state index in [1.165, 1.54) is 11.8 Å². The second kappa shape index (κ2) is 19.3. The lowest BCUT2D eigenvalue weighted by atomic mass is 10.1. The first-order valence-corrected chi connectivity index (χ1v) is 13.4. The number of rotatable bonds is 20. The van der Waals surface area contributed by atoms with E-state index in [1.807, 2.05) is 0 Å². The quantitative estimate of drug-likeness (QED) is 0.0378. The lowest BCUT2D eigenvalue weighted by Crippen LogP contribution is -2.57. The zero-order chi connectivity index (χ0) is 30.0. The van der Waals surface area contributed by atoms with Gasteiger partial charge in [-0.2, -0.15) is 11.8 Å². The Hall–Kier alpha value is -3.80. The lowest BCUT2D eigenvalue weighted by molar-refractivity contribution is -0.143. The predicted octanol–water partition coefficient (Wildman–Crippen LogP) is -3.81. The van der Waals surface area contributed by atoms with E-state index in [2.05, 4.69) is 25.9 Å². The Balaban J connectivity index is 5.39. The van der Waals surface area contributed by atoms with Crippen molar-refractivity contribution in [2.45, 2.75) is 62.7 Å². The maximum absolute atomic E-state index is 12.9. The molecule has 0 aliphatic rings. The van der Waals surface area contributed by atoms with Gasteiger partial charge in [0.1, 0.15) is 18.1 Å². The maximum Gasteiger partial charge on any atom is 0.326 e. The number of aliphatic imine (C=N–C) groups is 2. The van der Waals surface area contributed by atoms with Crippen LogP contribution in [0.4, 0.5) is 0 Å². The first kappa shape index (κ1) is 35.2. The standard InChI is InChI=1S/C21H40N10O7S/c1-39-9-6-12(17(35)30-13(19(37)38)5-3-8-28-21(25)26)29-18(36)14(10-15(32)33)31-16(34)11(22)4-2-7-27-20(23)24/h11-14H,2-10,22H2,1H3,(H,29,36)(H,30,35)(H,31,34)(H,32,33)(H,37,38)(H4,23,24,27)(H4,25,26,28). The Bertz CT molecular complexity index is 894. The maximum atomic E-state index is 12.9. The number of thioether (sulfide) groups is 1. The van der Waals surface area contributed by atoms with Crippen molar-refractivity contribution < 1.29 is 34.2 Å². The number of carbonyl (C=O) groups excluding carboxylic acids is 3. The van der Waals surface area contributed by atoms with E-state index in [4.69, 9.17) is 28.7 Å². The van der Waals surface area contributed by atoms with Crippen LogP contribution < -0.4 is 44.6 Å². The van der Waals surface area contributed by atoms with Gasteiger partial charge in [0.15, 0.2) is 11.9 Å². The van der Waals surface area contributed by atoms with Crippen molar-refractivity contribution >= 4 is 53.3 Å². The van der Waals surface area contributed by atoms with Crippen molar-refractivity contribution in [2.24, 2.45) is 38.7 Å². The van der Waals surface area contributed by atoms with Gasteiger partial charge < -0.3 is 54.8 Å². The molecule has 39 heavy (non-hydrogen) atoms. The van der Waals surface area contributed by atoms with Gasteiger partial charge in [-0.25, -0.2) is 4.79 Å². The summed E-state index contributed by atoms with van der Waals surface area (Å²) in [6.07, 6.45) is 1.88. The number of carbonyl (C=O) groups is 5. The molecular formula is C21H40N10O7S. The molecule has 0 aromatic rings. The average molecular weight is 577 g/mol. The lowest BCUT2D eigenvalue weighted by Gasteiger charge is -2.24. The van der Waals surface area contributed by atoms with Crippen LogP contribution in [0.5, 0.6) is 0 Å². The molecule has 18 heteroatoms. The summed E-state index contributed by atoms with van der Waals surface area (Å²) in [7, 11) is 0. The molecule has 0 aromatic heterocycles. The normalized spacial score (nSPS) is 13.6. The van der Waals surface area contributed by atoms with Crippen LogP contribution in [-0.2, 0) is 24.0 Å². The Labute approximate surface area is 230 Å². The van der Waals surface area contributed by atoms with Crippen molar-refractivity contribution in [2.75, 3.05) is 25.1 Å². The monoisotopic (exact) mass is 576 g/mol. The fraction of sp³-hybridized carbons (Fsp3) is 0.667. The topological polar surface area (TPSA) is 317 Å². The molecule has 15 N–H and O–H groups in total. The molecule has 17 nitrogen and oxygen atoms in total. The summed E-state index contributed by atoms with van der Waals surface area (Å²) in [6.45, 7) is 0.377. The van der Waals surface area contributed by atoms with Gasteiger partial charge in [-0.15, -0.1) is 0 Å². The molecule has 0 heterocycles. The molecular weight excluding hydrogens is 536 g/mol. The number of hydrogen-bond acceptors (Lipinski definition) is 9. The van der Waals surface area contributed by atoms with E-state index in [0.717, 1.165) is 0 Å². The Kier molecular flexibility index (Phi) is 17.4. The number of guanidine groups is 2. The van der Waals surface area contributed by atoms with Crippen molar-refractivity contribution in [1.29, 1.82) is 0 Å². The summed E-state index contributed by atoms with van der Waals surface area (Å²) in [4.78, 5) is 68.8. The van der Waals surface area contributed by atoms with Gasteiger partial charge in [-0.3, -0.25) is 29.2 Å². The first-order valence-electron chi connectivity index (χ1n) is 12.0. The van der Waals surface area contributed by atoms with Crippen LogP contribution in [0.3, 0.4) is 0 Å². The zero-order valence-corrected chi connectivity index (χ0v) is 22.6. The Morgan fingerprint density at radius 3 is 1.72 bits per heavy atom. The van der Waals surface area contributed by atoms with Crippen LogP contribution in [0.25, 0.3) is 0 Å². The Morgan fingerprint density at radius 1 is 0.744 bits per heavy atom. The largest absolute Gasteiger partial charge is 0.481 e. The zero-order valence-electron chi connectivity index (χ0n) is 21.8. The molecule has 4 unspecified atom stereocenters. The van der Waals surface area contributed by atoms with Crippen molar-refractivity contribution in [3.63, 3.8) is 0 Å². The smallest absolute Gasteiger partial charge is 0.326 e.